The molecule has 2 atom stereocenters. The van der Waals surface area contributed by atoms with Crippen molar-refractivity contribution in [2.45, 2.75) is 64.5 Å². The normalized spacial score (nSPS) is 30.4. The first-order chi connectivity index (χ1) is 15.2. The molecule has 0 spiro atoms. The zero-order chi connectivity index (χ0) is 23.0. The predicted molar refractivity (Wildman–Crippen MR) is 123 cm³/mol. The van der Waals surface area contributed by atoms with Crippen molar-refractivity contribution in [3.8, 4) is 0 Å². The van der Waals surface area contributed by atoms with E-state index in [1.54, 1.807) is 6.07 Å². The number of hydrogen-bond acceptors (Lipinski definition) is 3. The van der Waals surface area contributed by atoms with Crippen LogP contribution in [0.5, 0.6) is 0 Å². The maximum absolute atomic E-state index is 13.7. The number of carbonyl (C=O) groups is 2. The molecule has 4 saturated carbocycles. The minimum absolute atomic E-state index is 0.0140. The second-order valence-corrected chi connectivity index (χ2v) is 11.2. The van der Waals surface area contributed by atoms with Crippen molar-refractivity contribution in [2.24, 2.45) is 29.1 Å². The third-order valence-corrected chi connectivity index (χ3v) is 8.08. The summed E-state index contributed by atoms with van der Waals surface area (Å²) in [7, 11) is 3.83. The Kier molecular flexibility index (Phi) is 6.62. The zero-order valence-electron chi connectivity index (χ0n) is 19.9. The van der Waals surface area contributed by atoms with Crippen LogP contribution in [-0.4, -0.2) is 43.4 Å². The molecule has 5 nitrogen and oxygen atoms in total. The summed E-state index contributed by atoms with van der Waals surface area (Å²) >= 11 is 0. The summed E-state index contributed by atoms with van der Waals surface area (Å²) in [6.45, 7) is 4.30. The number of amides is 2. The second kappa shape index (κ2) is 9.12. The fourth-order valence-electron chi connectivity index (χ4n) is 6.84. The molecular weight excluding hydrogens is 405 g/mol. The van der Waals surface area contributed by atoms with Crippen molar-refractivity contribution < 1.29 is 14.0 Å². The smallest absolute Gasteiger partial charge is 0.242 e. The van der Waals surface area contributed by atoms with Crippen LogP contribution >= 0.6 is 0 Å². The highest BCUT2D eigenvalue weighted by Crippen LogP contribution is 2.60. The second-order valence-electron chi connectivity index (χ2n) is 11.2. The number of hydrogen-bond donors (Lipinski definition) is 2. The molecule has 1 aromatic rings. The van der Waals surface area contributed by atoms with E-state index >= 15 is 0 Å². The lowest BCUT2D eigenvalue weighted by Crippen LogP contribution is -2.58. The van der Waals surface area contributed by atoms with E-state index in [1.807, 2.05) is 38.9 Å². The molecule has 6 heteroatoms. The first-order valence-electron chi connectivity index (χ1n) is 12.2. The van der Waals surface area contributed by atoms with Gasteiger partial charge in [0.1, 0.15) is 11.9 Å². The summed E-state index contributed by atoms with van der Waals surface area (Å²) in [5.41, 5.74) is 0.546. The lowest BCUT2D eigenvalue weighted by Gasteiger charge is -2.55. The van der Waals surface area contributed by atoms with Crippen LogP contribution in [0, 0.1) is 34.9 Å². The Morgan fingerprint density at radius 2 is 1.69 bits per heavy atom. The van der Waals surface area contributed by atoms with Crippen molar-refractivity contribution in [1.29, 1.82) is 0 Å². The Morgan fingerprint density at radius 3 is 2.19 bits per heavy atom. The summed E-state index contributed by atoms with van der Waals surface area (Å²) in [6.07, 6.45) is 6.81. The van der Waals surface area contributed by atoms with Crippen molar-refractivity contribution in [1.82, 2.24) is 15.5 Å². The lowest BCUT2D eigenvalue weighted by atomic mass is 9.49. The van der Waals surface area contributed by atoms with Crippen molar-refractivity contribution >= 4 is 11.8 Å². The Bertz CT molecular complexity index is 818. The highest BCUT2D eigenvalue weighted by atomic mass is 19.1. The molecule has 1 aromatic carbocycles. The van der Waals surface area contributed by atoms with Crippen LogP contribution in [-0.2, 0) is 9.59 Å². The van der Waals surface area contributed by atoms with Gasteiger partial charge in [0.25, 0.3) is 0 Å². The number of benzene rings is 1. The summed E-state index contributed by atoms with van der Waals surface area (Å²) in [6, 6.07) is 5.77. The third kappa shape index (κ3) is 4.70. The van der Waals surface area contributed by atoms with Crippen LogP contribution in [0.15, 0.2) is 24.3 Å². The molecule has 4 fully saturated rings. The van der Waals surface area contributed by atoms with Crippen LogP contribution < -0.4 is 10.6 Å². The van der Waals surface area contributed by atoms with Crippen LogP contribution in [0.2, 0.25) is 0 Å². The predicted octanol–water partition coefficient (Wildman–Crippen LogP) is 3.90. The molecule has 2 N–H and O–H groups in total. The van der Waals surface area contributed by atoms with Gasteiger partial charge in [-0.1, -0.05) is 26.0 Å². The van der Waals surface area contributed by atoms with Gasteiger partial charge in [-0.05, 0) is 94.0 Å². The van der Waals surface area contributed by atoms with E-state index in [9.17, 15) is 14.0 Å². The van der Waals surface area contributed by atoms with Crippen LogP contribution in [0.1, 0.15) is 64.0 Å². The Hall–Kier alpha value is -1.95. The molecular formula is C26H38FN3O2. The summed E-state index contributed by atoms with van der Waals surface area (Å²) in [4.78, 5) is 28.6. The van der Waals surface area contributed by atoms with Gasteiger partial charge < -0.3 is 15.5 Å². The Balaban J connectivity index is 1.41. The minimum atomic E-state index is -0.564. The number of carbonyl (C=O) groups excluding carboxylic acids is 2. The number of nitrogens with one attached hydrogen (secondary N) is 2. The first-order valence-corrected chi connectivity index (χ1v) is 12.2. The van der Waals surface area contributed by atoms with Crippen LogP contribution in [0.4, 0.5) is 4.39 Å². The molecule has 32 heavy (non-hydrogen) atoms. The average molecular weight is 444 g/mol. The monoisotopic (exact) mass is 443 g/mol. The van der Waals surface area contributed by atoms with Crippen molar-refractivity contribution in [3.63, 3.8) is 0 Å². The molecule has 0 heterocycles. The van der Waals surface area contributed by atoms with Gasteiger partial charge >= 0.3 is 0 Å². The molecule has 4 aliphatic rings. The lowest BCUT2D eigenvalue weighted by molar-refractivity contribution is -0.149. The van der Waals surface area contributed by atoms with Gasteiger partial charge in [0, 0.05) is 12.0 Å². The minimum Gasteiger partial charge on any atom is -0.352 e. The molecule has 2 unspecified atom stereocenters. The zero-order valence-corrected chi connectivity index (χ0v) is 19.9. The molecule has 0 saturated heterocycles. The maximum atomic E-state index is 13.7. The molecule has 4 bridgehead atoms. The van der Waals surface area contributed by atoms with Crippen LogP contribution in [0.3, 0.4) is 0 Å². The molecule has 176 valence electrons. The summed E-state index contributed by atoms with van der Waals surface area (Å²) in [5, 5.41) is 6.18. The van der Waals surface area contributed by atoms with Crippen molar-refractivity contribution in [2.75, 3.05) is 20.6 Å². The fourth-order valence-corrected chi connectivity index (χ4v) is 6.84. The van der Waals surface area contributed by atoms with Gasteiger partial charge in [-0.25, -0.2) is 4.39 Å². The van der Waals surface area contributed by atoms with Gasteiger partial charge in [0.15, 0.2) is 0 Å². The topological polar surface area (TPSA) is 61.4 Å². The molecule has 0 aliphatic heterocycles. The fraction of sp³-hybridized carbons (Fsp3) is 0.692. The van der Waals surface area contributed by atoms with E-state index in [4.69, 9.17) is 0 Å². The quantitative estimate of drug-likeness (QED) is 0.641. The molecule has 4 aliphatic carbocycles. The van der Waals surface area contributed by atoms with E-state index < -0.39 is 6.04 Å². The van der Waals surface area contributed by atoms with Gasteiger partial charge in [-0.15, -0.1) is 0 Å². The summed E-state index contributed by atoms with van der Waals surface area (Å²) in [5.74, 6) is 1.67. The average Bonchev–Trinajstić information content (AvgIpc) is 2.70. The van der Waals surface area contributed by atoms with Gasteiger partial charge in [0.05, 0.1) is 6.04 Å². The number of likely N-dealkylation sites (N-methyl/N-ethyl adjacent to an activating group) is 1. The van der Waals surface area contributed by atoms with Crippen LogP contribution in [0.25, 0.3) is 0 Å². The highest BCUT2D eigenvalue weighted by Gasteiger charge is 2.55. The van der Waals surface area contributed by atoms with Gasteiger partial charge in [-0.2, -0.15) is 0 Å². The Morgan fingerprint density at radius 1 is 1.09 bits per heavy atom. The largest absolute Gasteiger partial charge is 0.352 e. The number of nitrogens with zero attached hydrogens (tertiary/aromatic N) is 1. The molecule has 0 aromatic heterocycles. The van der Waals surface area contributed by atoms with E-state index in [-0.39, 0.29) is 35.0 Å². The summed E-state index contributed by atoms with van der Waals surface area (Å²) < 4.78 is 13.7. The maximum Gasteiger partial charge on any atom is 0.242 e. The Labute approximate surface area is 191 Å². The standard InChI is InChI=1S/C26H38FN3O2/c1-16(2)23(24(31)28-15-22(30(3)4)20-6-5-7-21(27)11-20)29-25(32)26-12-17-8-18(13-26)10-19(9-17)14-26/h5-7,11,16-19,22-23H,8-10,12-15H2,1-4H3,(H,28,31)(H,29,32). The third-order valence-electron chi connectivity index (χ3n) is 8.08. The van der Waals surface area contributed by atoms with E-state index in [0.717, 1.165) is 24.8 Å². The van der Waals surface area contributed by atoms with E-state index in [1.165, 1.54) is 31.4 Å². The van der Waals surface area contributed by atoms with E-state index in [0.29, 0.717) is 24.3 Å². The SMILES string of the molecule is CC(C)C(NC(=O)C12CC3CC(CC(C3)C1)C2)C(=O)NCC(c1cccc(F)c1)N(C)C. The van der Waals surface area contributed by atoms with Gasteiger partial charge in [0.2, 0.25) is 11.8 Å². The van der Waals surface area contributed by atoms with Crippen molar-refractivity contribution in [3.05, 3.63) is 35.6 Å². The molecule has 5 rings (SSSR count). The molecule has 2 amide bonds. The molecule has 0 radical (unpaired) electrons. The number of halogens is 1. The van der Waals surface area contributed by atoms with Gasteiger partial charge in [-0.3, -0.25) is 9.59 Å². The number of rotatable bonds is 8. The van der Waals surface area contributed by atoms with E-state index in [2.05, 4.69) is 10.6 Å². The first kappa shape index (κ1) is 23.2. The highest BCUT2D eigenvalue weighted by molar-refractivity contribution is 5.90.